The summed E-state index contributed by atoms with van der Waals surface area (Å²) in [7, 11) is 0. The maximum atomic E-state index is 12.6. The van der Waals surface area contributed by atoms with E-state index in [0.717, 1.165) is 18.5 Å². The van der Waals surface area contributed by atoms with E-state index in [0.29, 0.717) is 89.3 Å². The van der Waals surface area contributed by atoms with Crippen LogP contribution in [0.5, 0.6) is 0 Å². The third-order valence-electron chi connectivity index (χ3n) is 6.47. The Kier molecular flexibility index (Phi) is 20.3. The molecule has 2 amide bonds. The predicted molar refractivity (Wildman–Crippen MR) is 187 cm³/mol. The molecule has 14 nitrogen and oxygen atoms in total. The first kappa shape index (κ1) is 39.6. The van der Waals surface area contributed by atoms with Crippen LogP contribution >= 0.6 is 0 Å². The second-order valence-electron chi connectivity index (χ2n) is 10.4. The standard InChI is InChI=1S/C34H49N7O7/c1-4-6-7-9-29(40-31-26(3)39-34(35)41-33(31)44)25-38-28-13-11-27(12-14-28)32(43)37-15-8-10-30(42)36-16-18-46-20-22-48-24-23-47-21-19-45-17-5-2/h2,7,9,11-14,38H,4,6,8,10,15-25H2,1,3H3,(H,36,42)(H,37,43)(H3,35,39,41,44)/b9-7+,40-29?. The van der Waals surface area contributed by atoms with Gasteiger partial charge in [-0.3, -0.25) is 19.4 Å². The van der Waals surface area contributed by atoms with E-state index < -0.39 is 5.56 Å². The van der Waals surface area contributed by atoms with Crippen molar-refractivity contribution < 1.29 is 28.5 Å². The Balaban J connectivity index is 1.61. The molecule has 0 aliphatic rings. The maximum Gasteiger partial charge on any atom is 0.278 e. The first-order valence-electron chi connectivity index (χ1n) is 16.1. The fraction of sp³-hybridized carbons (Fsp3) is 0.500. The molecule has 0 unspecified atom stereocenters. The SMILES string of the molecule is C#CCOCCOCCOCCOCCNC(=O)CCCNC(=O)c1ccc(NCC(/C=C/CCC)=Nc2c(C)nc(N)[nH]c2=O)cc1. The number of aryl methyl sites for hydroxylation is 1. The van der Waals surface area contributed by atoms with Gasteiger partial charge in [-0.05, 0) is 50.1 Å². The summed E-state index contributed by atoms with van der Waals surface area (Å²) in [6.07, 6.45) is 11.6. The number of aromatic nitrogens is 2. The molecule has 6 N–H and O–H groups in total. The van der Waals surface area contributed by atoms with Gasteiger partial charge in [0.25, 0.3) is 11.5 Å². The minimum Gasteiger partial charge on any atom is -0.379 e. The molecule has 0 aliphatic carbocycles. The molecule has 0 fully saturated rings. The second kappa shape index (κ2) is 24.6. The Morgan fingerprint density at radius 1 is 1.00 bits per heavy atom. The van der Waals surface area contributed by atoms with Crippen LogP contribution < -0.4 is 27.2 Å². The Morgan fingerprint density at radius 3 is 2.31 bits per heavy atom. The van der Waals surface area contributed by atoms with Crippen LogP contribution in [0.3, 0.4) is 0 Å². The summed E-state index contributed by atoms with van der Waals surface area (Å²) in [6.45, 7) is 8.21. The minimum absolute atomic E-state index is 0.0434. The number of anilines is 2. The van der Waals surface area contributed by atoms with Crippen molar-refractivity contribution in [3.05, 3.63) is 58.0 Å². The number of benzene rings is 1. The summed E-state index contributed by atoms with van der Waals surface area (Å²) >= 11 is 0. The number of aromatic amines is 1. The Hall–Kier alpha value is -4.55. The zero-order chi connectivity index (χ0) is 34.8. The van der Waals surface area contributed by atoms with E-state index in [2.05, 4.69) is 43.8 Å². The smallest absolute Gasteiger partial charge is 0.278 e. The number of carbonyl (C=O) groups is 2. The van der Waals surface area contributed by atoms with E-state index >= 15 is 0 Å². The largest absolute Gasteiger partial charge is 0.379 e. The van der Waals surface area contributed by atoms with Crippen molar-refractivity contribution in [2.45, 2.75) is 39.5 Å². The number of aliphatic imine (C=N–C) groups is 1. The van der Waals surface area contributed by atoms with Gasteiger partial charge in [-0.25, -0.2) is 9.98 Å². The molecule has 0 aliphatic heterocycles. The summed E-state index contributed by atoms with van der Waals surface area (Å²) in [4.78, 5) is 48.1. The van der Waals surface area contributed by atoms with Crippen LogP contribution in [0.1, 0.15) is 48.7 Å². The highest BCUT2D eigenvalue weighted by molar-refractivity contribution is 6.00. The van der Waals surface area contributed by atoms with Crippen molar-refractivity contribution in [2.75, 3.05) is 83.5 Å². The summed E-state index contributed by atoms with van der Waals surface area (Å²) in [5.74, 6) is 2.09. The molecular weight excluding hydrogens is 618 g/mol. The van der Waals surface area contributed by atoms with Crippen molar-refractivity contribution in [1.82, 2.24) is 20.6 Å². The number of carbonyl (C=O) groups excluding carboxylic acids is 2. The van der Waals surface area contributed by atoms with Crippen LogP contribution in [-0.2, 0) is 23.7 Å². The van der Waals surface area contributed by atoms with Gasteiger partial charge in [0.1, 0.15) is 12.3 Å². The number of allylic oxidation sites excluding steroid dienone is 1. The Bertz CT molecular complexity index is 1400. The lowest BCUT2D eigenvalue weighted by molar-refractivity contribution is -0.121. The lowest BCUT2D eigenvalue weighted by atomic mass is 10.2. The lowest BCUT2D eigenvalue weighted by Crippen LogP contribution is -2.29. The molecule has 1 aromatic heterocycles. The summed E-state index contributed by atoms with van der Waals surface area (Å²) in [6, 6.07) is 7.02. The number of amides is 2. The first-order chi connectivity index (χ1) is 23.3. The van der Waals surface area contributed by atoms with Gasteiger partial charge in [-0.1, -0.05) is 25.3 Å². The Morgan fingerprint density at radius 2 is 1.67 bits per heavy atom. The van der Waals surface area contributed by atoms with E-state index in [1.54, 1.807) is 31.2 Å². The highest BCUT2D eigenvalue weighted by Crippen LogP contribution is 2.13. The molecule has 0 spiro atoms. The molecule has 262 valence electrons. The minimum atomic E-state index is -0.404. The van der Waals surface area contributed by atoms with Crippen LogP contribution in [0, 0.1) is 19.3 Å². The number of terminal acetylenes is 1. The first-order valence-corrected chi connectivity index (χ1v) is 16.1. The van der Waals surface area contributed by atoms with Gasteiger partial charge >= 0.3 is 0 Å². The fourth-order valence-corrected chi connectivity index (χ4v) is 4.03. The van der Waals surface area contributed by atoms with Crippen molar-refractivity contribution >= 4 is 34.8 Å². The van der Waals surface area contributed by atoms with E-state index in [9.17, 15) is 14.4 Å². The molecule has 48 heavy (non-hydrogen) atoms. The van der Waals surface area contributed by atoms with Crippen molar-refractivity contribution in [2.24, 2.45) is 4.99 Å². The summed E-state index contributed by atoms with van der Waals surface area (Å²) in [5.41, 5.74) is 7.78. The number of nitrogens with one attached hydrogen (secondary N) is 4. The molecule has 0 saturated heterocycles. The van der Waals surface area contributed by atoms with Crippen LogP contribution in [0.25, 0.3) is 0 Å². The Labute approximate surface area is 282 Å². The topological polar surface area (TPSA) is 191 Å². The molecular formula is C34H49N7O7. The number of nitrogen functional groups attached to an aromatic ring is 1. The van der Waals surface area contributed by atoms with E-state index in [-0.39, 0.29) is 36.5 Å². The molecule has 2 rings (SSSR count). The van der Waals surface area contributed by atoms with Crippen LogP contribution in [0.2, 0.25) is 0 Å². The molecule has 0 saturated carbocycles. The quantitative estimate of drug-likeness (QED) is 0.0597. The molecule has 0 radical (unpaired) electrons. The maximum absolute atomic E-state index is 12.6. The van der Waals surface area contributed by atoms with Gasteiger partial charge in [0, 0.05) is 30.8 Å². The molecule has 14 heteroatoms. The zero-order valence-electron chi connectivity index (χ0n) is 28.0. The second-order valence-corrected chi connectivity index (χ2v) is 10.4. The van der Waals surface area contributed by atoms with Gasteiger partial charge in [0.15, 0.2) is 0 Å². The van der Waals surface area contributed by atoms with Gasteiger partial charge in [-0.15, -0.1) is 6.42 Å². The highest BCUT2D eigenvalue weighted by Gasteiger charge is 2.09. The predicted octanol–water partition coefficient (Wildman–Crippen LogP) is 2.53. The molecule has 2 aromatic rings. The van der Waals surface area contributed by atoms with Gasteiger partial charge in [0.2, 0.25) is 11.9 Å². The van der Waals surface area contributed by atoms with Crippen LogP contribution in [0.4, 0.5) is 17.3 Å². The zero-order valence-corrected chi connectivity index (χ0v) is 28.0. The monoisotopic (exact) mass is 667 g/mol. The molecule has 1 heterocycles. The number of ether oxygens (including phenoxy) is 4. The van der Waals surface area contributed by atoms with Gasteiger partial charge < -0.3 is 40.6 Å². The van der Waals surface area contributed by atoms with Gasteiger partial charge in [-0.2, -0.15) is 0 Å². The summed E-state index contributed by atoms with van der Waals surface area (Å²) in [5, 5.41) is 8.91. The van der Waals surface area contributed by atoms with E-state index in [4.69, 9.17) is 31.1 Å². The lowest BCUT2D eigenvalue weighted by Gasteiger charge is -2.10. The van der Waals surface area contributed by atoms with Gasteiger partial charge in [0.05, 0.1) is 64.2 Å². The third kappa shape index (κ3) is 17.4. The summed E-state index contributed by atoms with van der Waals surface area (Å²) < 4.78 is 21.3. The molecule has 0 bridgehead atoms. The molecule has 1 aromatic carbocycles. The number of nitrogens with two attached hydrogens (primary N) is 1. The normalized spacial score (nSPS) is 11.4. The van der Waals surface area contributed by atoms with Crippen LogP contribution in [0.15, 0.2) is 46.2 Å². The number of H-pyrrole nitrogens is 1. The number of hydrogen-bond donors (Lipinski definition) is 5. The number of unbranched alkanes of at least 4 members (excludes halogenated alkanes) is 1. The van der Waals surface area contributed by atoms with Crippen molar-refractivity contribution in [1.29, 1.82) is 0 Å². The molecule has 0 atom stereocenters. The number of hydrogen-bond acceptors (Lipinski definition) is 11. The van der Waals surface area contributed by atoms with Crippen molar-refractivity contribution in [3.8, 4) is 12.3 Å². The van der Waals surface area contributed by atoms with E-state index in [1.807, 2.05) is 12.2 Å². The average molecular weight is 668 g/mol. The highest BCUT2D eigenvalue weighted by atomic mass is 16.6. The number of nitrogens with zero attached hydrogens (tertiary/aromatic N) is 2. The van der Waals surface area contributed by atoms with Crippen molar-refractivity contribution in [3.63, 3.8) is 0 Å². The third-order valence-corrected chi connectivity index (χ3v) is 6.47. The fourth-order valence-electron chi connectivity index (χ4n) is 4.03. The average Bonchev–Trinajstić information content (AvgIpc) is 3.07. The van der Waals surface area contributed by atoms with E-state index in [1.165, 1.54) is 0 Å². The van der Waals surface area contributed by atoms with Crippen LogP contribution in [-0.4, -0.2) is 100.0 Å². The number of rotatable bonds is 25.